The summed E-state index contributed by atoms with van der Waals surface area (Å²) in [6.45, 7) is 11.6. The van der Waals surface area contributed by atoms with Crippen LogP contribution in [0.25, 0.3) is 16.5 Å². The van der Waals surface area contributed by atoms with E-state index >= 15 is 0 Å². The largest absolute Gasteiger partial charge is 0.379 e. The van der Waals surface area contributed by atoms with Gasteiger partial charge in [-0.05, 0) is 41.7 Å². The molecule has 208 valence electrons. The Balaban J connectivity index is 1.33. The van der Waals surface area contributed by atoms with Crippen molar-refractivity contribution in [1.29, 1.82) is 0 Å². The highest BCUT2D eigenvalue weighted by Gasteiger charge is 2.19. The lowest BCUT2D eigenvalue weighted by atomic mass is 9.86. The molecule has 0 unspecified atom stereocenters. The van der Waals surface area contributed by atoms with Gasteiger partial charge in [0.25, 0.3) is 0 Å². The topological polar surface area (TPSA) is 101 Å². The number of urea groups is 1. The molecule has 0 bridgehead atoms. The SMILES string of the molecule is Cc1ccc(C(C)(C)C)cc1-n1nccc1NC(=O)Nc1ccc(NC(=O)CN2CCOCC2)c2ccccc12. The van der Waals surface area contributed by atoms with Crippen molar-refractivity contribution in [2.45, 2.75) is 33.1 Å². The van der Waals surface area contributed by atoms with Gasteiger partial charge < -0.3 is 15.4 Å². The Hall–Kier alpha value is -4.21. The van der Waals surface area contributed by atoms with Gasteiger partial charge in [0, 0.05) is 35.6 Å². The molecule has 4 aromatic rings. The Bertz CT molecular complexity index is 1530. The van der Waals surface area contributed by atoms with Gasteiger partial charge in [-0.3, -0.25) is 15.0 Å². The summed E-state index contributed by atoms with van der Waals surface area (Å²) in [5.41, 5.74) is 4.47. The number of amides is 3. The number of morpholine rings is 1. The summed E-state index contributed by atoms with van der Waals surface area (Å²) in [5.74, 6) is 0.479. The van der Waals surface area contributed by atoms with E-state index in [1.165, 1.54) is 5.56 Å². The standard InChI is InChI=1S/C31H36N6O3/c1-21-9-10-22(31(2,3)4)19-27(21)37-28(13-14-32-37)35-30(39)34-26-12-11-25(23-7-5-6-8-24(23)26)33-29(38)20-36-15-17-40-18-16-36/h5-14,19H,15-18,20H2,1-4H3,(H,33,38)(H2,34,35,39). The molecule has 1 aliphatic rings. The number of aryl methyl sites for hydroxylation is 1. The Morgan fingerprint density at radius 1 is 0.900 bits per heavy atom. The molecule has 9 nitrogen and oxygen atoms in total. The van der Waals surface area contributed by atoms with Crippen LogP contribution in [0.5, 0.6) is 0 Å². The molecule has 0 atom stereocenters. The van der Waals surface area contributed by atoms with E-state index in [-0.39, 0.29) is 17.4 Å². The first kappa shape index (κ1) is 27.4. The first-order valence-electron chi connectivity index (χ1n) is 13.5. The first-order chi connectivity index (χ1) is 19.2. The summed E-state index contributed by atoms with van der Waals surface area (Å²) in [5, 5.41) is 15.1. The molecular formula is C31H36N6O3. The van der Waals surface area contributed by atoms with Crippen LogP contribution in [0, 0.1) is 6.92 Å². The van der Waals surface area contributed by atoms with Crippen LogP contribution in [0.1, 0.15) is 31.9 Å². The van der Waals surface area contributed by atoms with E-state index < -0.39 is 0 Å². The highest BCUT2D eigenvalue weighted by atomic mass is 16.5. The van der Waals surface area contributed by atoms with Crippen LogP contribution in [0.15, 0.2) is 66.9 Å². The van der Waals surface area contributed by atoms with E-state index in [9.17, 15) is 9.59 Å². The fraction of sp³-hybridized carbons (Fsp3) is 0.323. The minimum Gasteiger partial charge on any atom is -0.379 e. The van der Waals surface area contributed by atoms with Gasteiger partial charge in [-0.25, -0.2) is 9.48 Å². The van der Waals surface area contributed by atoms with Gasteiger partial charge >= 0.3 is 6.03 Å². The minimum atomic E-state index is -0.388. The van der Waals surface area contributed by atoms with Crippen LogP contribution < -0.4 is 16.0 Å². The van der Waals surface area contributed by atoms with Gasteiger partial charge in [-0.2, -0.15) is 5.10 Å². The number of hydrogen-bond acceptors (Lipinski definition) is 5. The van der Waals surface area contributed by atoms with E-state index in [4.69, 9.17) is 4.74 Å². The zero-order valence-electron chi connectivity index (χ0n) is 23.5. The molecule has 0 radical (unpaired) electrons. The molecule has 0 aliphatic carbocycles. The second-order valence-corrected chi connectivity index (χ2v) is 11.1. The second-order valence-electron chi connectivity index (χ2n) is 11.1. The number of ether oxygens (including phenoxy) is 1. The molecule has 1 aliphatic heterocycles. The lowest BCUT2D eigenvalue weighted by molar-refractivity contribution is -0.118. The number of benzene rings is 3. The van der Waals surface area contributed by atoms with E-state index in [0.29, 0.717) is 37.0 Å². The Labute approximate surface area is 234 Å². The Morgan fingerprint density at radius 3 is 2.25 bits per heavy atom. The van der Waals surface area contributed by atoms with Crippen LogP contribution in [0.3, 0.4) is 0 Å². The summed E-state index contributed by atoms with van der Waals surface area (Å²) in [4.78, 5) is 28.0. The lowest BCUT2D eigenvalue weighted by Gasteiger charge is -2.26. The molecule has 0 spiro atoms. The van der Waals surface area contributed by atoms with Crippen LogP contribution in [-0.2, 0) is 14.9 Å². The van der Waals surface area contributed by atoms with Gasteiger partial charge in [0.1, 0.15) is 5.82 Å². The number of aromatic nitrogens is 2. The Kier molecular flexibility index (Phi) is 7.86. The predicted octanol–water partition coefficient (Wildman–Crippen LogP) is 5.55. The van der Waals surface area contributed by atoms with Crippen molar-refractivity contribution < 1.29 is 14.3 Å². The molecule has 1 saturated heterocycles. The van der Waals surface area contributed by atoms with Gasteiger partial charge in [0.15, 0.2) is 0 Å². The average Bonchev–Trinajstić information content (AvgIpc) is 3.38. The fourth-order valence-corrected chi connectivity index (χ4v) is 4.83. The molecule has 3 N–H and O–H groups in total. The van der Waals surface area contributed by atoms with Crippen LogP contribution in [0.4, 0.5) is 22.0 Å². The lowest BCUT2D eigenvalue weighted by Crippen LogP contribution is -2.41. The fourth-order valence-electron chi connectivity index (χ4n) is 4.83. The molecule has 5 rings (SSSR count). The highest BCUT2D eigenvalue weighted by molar-refractivity contribution is 6.11. The summed E-state index contributed by atoms with van der Waals surface area (Å²) >= 11 is 0. The van der Waals surface area contributed by atoms with Crippen LogP contribution >= 0.6 is 0 Å². The van der Waals surface area contributed by atoms with E-state index in [1.54, 1.807) is 23.0 Å². The monoisotopic (exact) mass is 540 g/mol. The number of fused-ring (bicyclic) bond motifs is 1. The van der Waals surface area contributed by atoms with Gasteiger partial charge in [-0.1, -0.05) is 57.2 Å². The molecule has 3 aromatic carbocycles. The molecule has 40 heavy (non-hydrogen) atoms. The number of anilines is 3. The quantitative estimate of drug-likeness (QED) is 0.298. The third kappa shape index (κ3) is 6.16. The zero-order valence-corrected chi connectivity index (χ0v) is 23.5. The first-order valence-corrected chi connectivity index (χ1v) is 13.5. The molecule has 3 amide bonds. The molecule has 1 aromatic heterocycles. The van der Waals surface area contributed by atoms with Crippen molar-refractivity contribution in [3.63, 3.8) is 0 Å². The average molecular weight is 541 g/mol. The van der Waals surface area contributed by atoms with E-state index in [0.717, 1.165) is 35.1 Å². The normalized spacial score (nSPS) is 14.2. The molecule has 0 saturated carbocycles. The van der Waals surface area contributed by atoms with Crippen molar-refractivity contribution in [3.8, 4) is 5.69 Å². The summed E-state index contributed by atoms with van der Waals surface area (Å²) in [6, 6.07) is 19.0. The maximum Gasteiger partial charge on any atom is 0.324 e. The predicted molar refractivity (Wildman–Crippen MR) is 159 cm³/mol. The van der Waals surface area contributed by atoms with Crippen molar-refractivity contribution in [1.82, 2.24) is 14.7 Å². The molecule has 1 fully saturated rings. The number of rotatable bonds is 6. The van der Waals surface area contributed by atoms with E-state index in [2.05, 4.69) is 64.9 Å². The van der Waals surface area contributed by atoms with Crippen LogP contribution in [0.2, 0.25) is 0 Å². The van der Waals surface area contributed by atoms with E-state index in [1.807, 2.05) is 37.3 Å². The zero-order chi connectivity index (χ0) is 28.3. The second kappa shape index (κ2) is 11.5. The number of hydrogen-bond donors (Lipinski definition) is 3. The van der Waals surface area contributed by atoms with Gasteiger partial charge in [0.05, 0.1) is 37.3 Å². The molecular weight excluding hydrogens is 504 g/mol. The maximum absolute atomic E-state index is 13.2. The smallest absolute Gasteiger partial charge is 0.324 e. The number of carbonyl (C=O) groups is 2. The number of nitrogens with zero attached hydrogens (tertiary/aromatic N) is 3. The van der Waals surface area contributed by atoms with Crippen molar-refractivity contribution in [3.05, 3.63) is 78.0 Å². The van der Waals surface area contributed by atoms with Crippen molar-refractivity contribution in [2.75, 3.05) is 48.8 Å². The molecule has 9 heteroatoms. The van der Waals surface area contributed by atoms with Crippen LogP contribution in [-0.4, -0.2) is 59.5 Å². The van der Waals surface area contributed by atoms with Crippen molar-refractivity contribution in [2.24, 2.45) is 0 Å². The maximum atomic E-state index is 13.2. The number of nitrogens with one attached hydrogen (secondary N) is 3. The van der Waals surface area contributed by atoms with Crippen molar-refractivity contribution >= 4 is 39.9 Å². The van der Waals surface area contributed by atoms with Gasteiger partial charge in [-0.15, -0.1) is 0 Å². The third-order valence-electron chi connectivity index (χ3n) is 7.10. The summed E-state index contributed by atoms with van der Waals surface area (Å²) in [7, 11) is 0. The Morgan fingerprint density at radius 2 is 1.57 bits per heavy atom. The third-order valence-corrected chi connectivity index (χ3v) is 7.10. The van der Waals surface area contributed by atoms with Gasteiger partial charge in [0.2, 0.25) is 5.91 Å². The summed E-state index contributed by atoms with van der Waals surface area (Å²) < 4.78 is 7.11. The number of carbonyl (C=O) groups excluding carboxylic acids is 2. The highest BCUT2D eigenvalue weighted by Crippen LogP contribution is 2.31. The molecule has 2 heterocycles. The minimum absolute atomic E-state index is 0.0181. The summed E-state index contributed by atoms with van der Waals surface area (Å²) in [6.07, 6.45) is 1.67.